The van der Waals surface area contributed by atoms with Gasteiger partial charge in [-0.05, 0) is 18.0 Å². The average Bonchev–Trinajstić information content (AvgIpc) is 2.17. The lowest BCUT2D eigenvalue weighted by Crippen LogP contribution is -2.29. The predicted molar refractivity (Wildman–Crippen MR) is 73.3 cm³/mol. The van der Waals surface area contributed by atoms with Crippen LogP contribution < -0.4 is 5.73 Å². The highest BCUT2D eigenvalue weighted by Gasteiger charge is 2.17. The van der Waals surface area contributed by atoms with E-state index in [1.165, 1.54) is 6.07 Å². The number of benzene rings is 1. The number of nitrogens with zero attached hydrogens (tertiary/aromatic N) is 2. The van der Waals surface area contributed by atoms with Crippen LogP contribution in [0.1, 0.15) is 26.3 Å². The van der Waals surface area contributed by atoms with Crippen molar-refractivity contribution in [3.8, 4) is 0 Å². The Morgan fingerprint density at radius 3 is 2.50 bits per heavy atom. The second-order valence-corrected chi connectivity index (χ2v) is 5.84. The molecule has 0 aromatic heterocycles. The maximum Gasteiger partial charge on any atom is 0.292 e. The number of nitrogen functional groups attached to an aromatic ring is 1. The summed E-state index contributed by atoms with van der Waals surface area (Å²) in [6.07, 6.45) is 0. The topological polar surface area (TPSA) is 72.4 Å². The largest absolute Gasteiger partial charge is 0.393 e. The van der Waals surface area contributed by atoms with Gasteiger partial charge in [-0.3, -0.25) is 10.1 Å². The molecule has 0 aliphatic heterocycles. The van der Waals surface area contributed by atoms with Gasteiger partial charge in [0.15, 0.2) is 0 Å². The first-order chi connectivity index (χ1) is 8.20. The molecular formula is C13H21N3O2. The third-order valence-electron chi connectivity index (χ3n) is 2.55. The highest BCUT2D eigenvalue weighted by atomic mass is 16.6. The van der Waals surface area contributed by atoms with Crippen molar-refractivity contribution in [3.63, 3.8) is 0 Å². The van der Waals surface area contributed by atoms with Crippen molar-refractivity contribution in [3.05, 3.63) is 33.9 Å². The number of hydrogen-bond acceptors (Lipinski definition) is 4. The SMILES string of the molecule is CN(Cc1cccc([N+](=O)[O-])c1N)CC(C)(C)C. The fraction of sp³-hybridized carbons (Fsp3) is 0.538. The van der Waals surface area contributed by atoms with E-state index < -0.39 is 4.92 Å². The number of anilines is 1. The summed E-state index contributed by atoms with van der Waals surface area (Å²) in [5.74, 6) is 0. The Hall–Kier alpha value is -1.62. The van der Waals surface area contributed by atoms with Crippen molar-refractivity contribution in [2.24, 2.45) is 5.41 Å². The van der Waals surface area contributed by atoms with Gasteiger partial charge in [0, 0.05) is 19.2 Å². The molecule has 0 atom stereocenters. The Morgan fingerprint density at radius 1 is 1.39 bits per heavy atom. The first-order valence-electron chi connectivity index (χ1n) is 5.91. The van der Waals surface area contributed by atoms with Gasteiger partial charge in [0.25, 0.3) is 5.69 Å². The molecule has 0 amide bonds. The van der Waals surface area contributed by atoms with E-state index in [2.05, 4.69) is 25.7 Å². The van der Waals surface area contributed by atoms with Gasteiger partial charge in [0.1, 0.15) is 5.69 Å². The van der Waals surface area contributed by atoms with E-state index >= 15 is 0 Å². The summed E-state index contributed by atoms with van der Waals surface area (Å²) in [6.45, 7) is 7.97. The lowest BCUT2D eigenvalue weighted by molar-refractivity contribution is -0.384. The number of nitrogens with two attached hydrogens (primary N) is 1. The van der Waals surface area contributed by atoms with Gasteiger partial charge in [-0.15, -0.1) is 0 Å². The molecule has 0 saturated heterocycles. The highest BCUT2D eigenvalue weighted by Crippen LogP contribution is 2.26. The minimum Gasteiger partial charge on any atom is -0.393 e. The van der Waals surface area contributed by atoms with Gasteiger partial charge in [0.2, 0.25) is 0 Å². The van der Waals surface area contributed by atoms with E-state index in [0.717, 1.165) is 12.1 Å². The van der Waals surface area contributed by atoms with Gasteiger partial charge in [-0.2, -0.15) is 0 Å². The van der Waals surface area contributed by atoms with Gasteiger partial charge in [-0.1, -0.05) is 32.9 Å². The van der Waals surface area contributed by atoms with Crippen LogP contribution in [-0.4, -0.2) is 23.4 Å². The van der Waals surface area contributed by atoms with Crippen molar-refractivity contribution in [2.45, 2.75) is 27.3 Å². The summed E-state index contributed by atoms with van der Waals surface area (Å²) < 4.78 is 0. The molecule has 5 heteroatoms. The molecule has 5 nitrogen and oxygen atoms in total. The minimum atomic E-state index is -0.442. The average molecular weight is 251 g/mol. The van der Waals surface area contributed by atoms with E-state index in [4.69, 9.17) is 5.73 Å². The first-order valence-corrected chi connectivity index (χ1v) is 5.91. The van der Waals surface area contributed by atoms with Crippen molar-refractivity contribution >= 4 is 11.4 Å². The highest BCUT2D eigenvalue weighted by molar-refractivity contribution is 5.62. The lowest BCUT2D eigenvalue weighted by atomic mass is 9.96. The fourth-order valence-electron chi connectivity index (χ4n) is 2.05. The van der Waals surface area contributed by atoms with E-state index in [9.17, 15) is 10.1 Å². The number of hydrogen-bond donors (Lipinski definition) is 1. The zero-order chi connectivity index (χ0) is 13.9. The standard InChI is InChI=1S/C13H21N3O2/c1-13(2,3)9-15(4)8-10-6-5-7-11(12(10)14)16(17)18/h5-7H,8-9,14H2,1-4H3. The number of nitro groups is 1. The zero-order valence-corrected chi connectivity index (χ0v) is 11.4. The van der Waals surface area contributed by atoms with Gasteiger partial charge < -0.3 is 10.6 Å². The maximum absolute atomic E-state index is 10.8. The molecular weight excluding hydrogens is 230 g/mol. The molecule has 100 valence electrons. The summed E-state index contributed by atoms with van der Waals surface area (Å²) >= 11 is 0. The predicted octanol–water partition coefficient (Wildman–Crippen LogP) is 2.65. The molecule has 0 aliphatic rings. The van der Waals surface area contributed by atoms with Crippen LogP contribution in [0.5, 0.6) is 0 Å². The molecule has 2 N–H and O–H groups in total. The lowest BCUT2D eigenvalue weighted by Gasteiger charge is -2.26. The Labute approximate surface area is 108 Å². The number of nitro benzene ring substituents is 1. The maximum atomic E-state index is 10.8. The van der Waals surface area contributed by atoms with E-state index in [1.807, 2.05) is 13.1 Å². The molecule has 1 aromatic rings. The molecule has 0 aliphatic carbocycles. The molecule has 0 heterocycles. The first kappa shape index (κ1) is 14.4. The molecule has 0 bridgehead atoms. The quantitative estimate of drug-likeness (QED) is 0.507. The van der Waals surface area contributed by atoms with Crippen LogP contribution in [0, 0.1) is 15.5 Å². The number of para-hydroxylation sites is 1. The molecule has 1 rings (SSSR count). The van der Waals surface area contributed by atoms with Crippen molar-refractivity contribution < 1.29 is 4.92 Å². The van der Waals surface area contributed by atoms with E-state index in [0.29, 0.717) is 6.54 Å². The van der Waals surface area contributed by atoms with Crippen molar-refractivity contribution in [2.75, 3.05) is 19.3 Å². The zero-order valence-electron chi connectivity index (χ0n) is 11.4. The Balaban J connectivity index is 2.85. The summed E-state index contributed by atoms with van der Waals surface area (Å²) in [6, 6.07) is 4.94. The van der Waals surface area contributed by atoms with Gasteiger partial charge in [0.05, 0.1) is 4.92 Å². The summed E-state index contributed by atoms with van der Waals surface area (Å²) in [7, 11) is 1.99. The number of rotatable bonds is 4. The molecule has 1 aromatic carbocycles. The summed E-state index contributed by atoms with van der Waals surface area (Å²) in [4.78, 5) is 12.5. The molecule has 0 unspecified atom stereocenters. The minimum absolute atomic E-state index is 0.0170. The Bertz CT molecular complexity index is 438. The molecule has 0 saturated carbocycles. The second-order valence-electron chi connectivity index (χ2n) is 5.84. The monoisotopic (exact) mass is 251 g/mol. The second kappa shape index (κ2) is 5.35. The van der Waals surface area contributed by atoms with Crippen molar-refractivity contribution in [1.29, 1.82) is 0 Å². The molecule has 0 spiro atoms. The van der Waals surface area contributed by atoms with Crippen LogP contribution in [0.3, 0.4) is 0 Å². The van der Waals surface area contributed by atoms with E-state index in [-0.39, 0.29) is 16.8 Å². The molecule has 0 fully saturated rings. The van der Waals surface area contributed by atoms with Crippen LogP contribution in [0.2, 0.25) is 0 Å². The van der Waals surface area contributed by atoms with Crippen LogP contribution in [0.4, 0.5) is 11.4 Å². The third-order valence-corrected chi connectivity index (χ3v) is 2.55. The van der Waals surface area contributed by atoms with Crippen LogP contribution in [0.15, 0.2) is 18.2 Å². The Kier molecular flexibility index (Phi) is 4.29. The van der Waals surface area contributed by atoms with Crippen LogP contribution >= 0.6 is 0 Å². The van der Waals surface area contributed by atoms with Crippen LogP contribution in [-0.2, 0) is 6.54 Å². The summed E-state index contributed by atoms with van der Waals surface area (Å²) in [5.41, 5.74) is 7.06. The fourth-order valence-corrected chi connectivity index (χ4v) is 2.05. The van der Waals surface area contributed by atoms with Crippen molar-refractivity contribution in [1.82, 2.24) is 4.90 Å². The van der Waals surface area contributed by atoms with Crippen LogP contribution in [0.25, 0.3) is 0 Å². The van der Waals surface area contributed by atoms with E-state index in [1.54, 1.807) is 6.07 Å². The van der Waals surface area contributed by atoms with Gasteiger partial charge >= 0.3 is 0 Å². The molecule has 18 heavy (non-hydrogen) atoms. The third kappa shape index (κ3) is 4.00. The Morgan fingerprint density at radius 2 is 2.00 bits per heavy atom. The smallest absolute Gasteiger partial charge is 0.292 e. The normalized spacial score (nSPS) is 11.8. The summed E-state index contributed by atoms with van der Waals surface area (Å²) in [5, 5.41) is 10.8. The molecule has 0 radical (unpaired) electrons. The van der Waals surface area contributed by atoms with Gasteiger partial charge in [-0.25, -0.2) is 0 Å².